The highest BCUT2D eigenvalue weighted by molar-refractivity contribution is 5.76. The van der Waals surface area contributed by atoms with Crippen LogP contribution in [0.25, 0.3) is 0 Å². The molecule has 0 aromatic heterocycles. The van der Waals surface area contributed by atoms with Gasteiger partial charge in [0.15, 0.2) is 0 Å². The second-order valence-corrected chi connectivity index (χ2v) is 8.99. The third-order valence-electron chi connectivity index (χ3n) is 6.74. The van der Waals surface area contributed by atoms with Gasteiger partial charge in [0.1, 0.15) is 0 Å². The summed E-state index contributed by atoms with van der Waals surface area (Å²) >= 11 is 0. The maximum Gasteiger partial charge on any atom is 0.416 e. The molecule has 3 aromatic rings. The smallest absolute Gasteiger partial charge is 0.373 e. The van der Waals surface area contributed by atoms with E-state index in [0.29, 0.717) is 31.5 Å². The van der Waals surface area contributed by atoms with E-state index in [2.05, 4.69) is 24.3 Å². The van der Waals surface area contributed by atoms with E-state index in [1.54, 1.807) is 0 Å². The number of halogens is 3. The number of rotatable bonds is 7. The zero-order chi connectivity index (χ0) is 24.8. The van der Waals surface area contributed by atoms with Crippen LogP contribution in [-0.2, 0) is 22.3 Å². The van der Waals surface area contributed by atoms with Gasteiger partial charge in [-0.2, -0.15) is 13.2 Å². The van der Waals surface area contributed by atoms with Crippen LogP contribution in [0, 0.1) is 5.92 Å². The summed E-state index contributed by atoms with van der Waals surface area (Å²) in [7, 11) is 0. The summed E-state index contributed by atoms with van der Waals surface area (Å²) in [5.74, 6) is 0.136. The fourth-order valence-corrected chi connectivity index (χ4v) is 4.94. The van der Waals surface area contributed by atoms with Crippen molar-refractivity contribution in [2.24, 2.45) is 5.92 Å². The number of likely N-dealkylation sites (tertiary alicyclic amines) is 1. The van der Waals surface area contributed by atoms with Gasteiger partial charge in [-0.3, -0.25) is 4.79 Å². The number of hydrogen-bond donors (Lipinski definition) is 0. The number of alkyl halides is 3. The lowest BCUT2D eigenvalue weighted by molar-refractivity contribution is -0.138. The molecular weight excluding hydrogens is 451 g/mol. The number of carbonyl (C=O) groups is 1. The first-order valence-electron chi connectivity index (χ1n) is 12.0. The molecule has 0 bridgehead atoms. The highest BCUT2D eigenvalue weighted by atomic mass is 19.4. The predicted octanol–water partition coefficient (Wildman–Crippen LogP) is 6.68. The zero-order valence-electron chi connectivity index (χ0n) is 19.7. The van der Waals surface area contributed by atoms with Crippen LogP contribution < -0.4 is 0 Å². The first-order valence-corrected chi connectivity index (χ1v) is 12.0. The lowest BCUT2D eigenvalue weighted by Crippen LogP contribution is -2.48. The quantitative estimate of drug-likeness (QED) is 0.377. The second-order valence-electron chi connectivity index (χ2n) is 8.99. The Morgan fingerprint density at radius 2 is 1.51 bits per heavy atom. The summed E-state index contributed by atoms with van der Waals surface area (Å²) in [6, 6.07) is 25.6. The summed E-state index contributed by atoms with van der Waals surface area (Å²) < 4.78 is 45.2. The van der Waals surface area contributed by atoms with Crippen LogP contribution in [-0.4, -0.2) is 30.0 Å². The van der Waals surface area contributed by atoms with E-state index < -0.39 is 11.7 Å². The Morgan fingerprint density at radius 1 is 0.943 bits per heavy atom. The molecule has 2 unspecified atom stereocenters. The molecule has 0 aliphatic carbocycles. The topological polar surface area (TPSA) is 29.5 Å². The van der Waals surface area contributed by atoms with Gasteiger partial charge in [-0.1, -0.05) is 79.7 Å². The molecule has 1 heterocycles. The Balaban J connectivity index is 1.61. The Morgan fingerprint density at radius 3 is 2.03 bits per heavy atom. The Bertz CT molecular complexity index is 1040. The van der Waals surface area contributed by atoms with Crippen LogP contribution in [0.1, 0.15) is 47.9 Å². The molecule has 1 aliphatic rings. The highest BCUT2D eigenvalue weighted by Gasteiger charge is 2.38. The van der Waals surface area contributed by atoms with Crippen molar-refractivity contribution in [1.29, 1.82) is 0 Å². The molecule has 0 spiro atoms. The minimum Gasteiger partial charge on any atom is -0.373 e. The van der Waals surface area contributed by atoms with Crippen molar-refractivity contribution < 1.29 is 22.7 Å². The molecule has 1 fully saturated rings. The average molecular weight is 482 g/mol. The van der Waals surface area contributed by atoms with E-state index in [0.717, 1.165) is 23.3 Å². The Hall–Kier alpha value is -3.12. The number of hydrogen-bond acceptors (Lipinski definition) is 2. The first kappa shape index (κ1) is 25.0. The molecule has 184 valence electrons. The van der Waals surface area contributed by atoms with E-state index in [4.69, 9.17) is 4.74 Å². The highest BCUT2D eigenvalue weighted by Crippen LogP contribution is 2.39. The van der Waals surface area contributed by atoms with Gasteiger partial charge in [-0.25, -0.2) is 0 Å². The van der Waals surface area contributed by atoms with Gasteiger partial charge in [0.05, 0.1) is 18.3 Å². The molecule has 1 saturated heterocycles. The molecule has 3 nitrogen and oxygen atoms in total. The van der Waals surface area contributed by atoms with E-state index >= 15 is 0 Å². The van der Waals surface area contributed by atoms with Crippen molar-refractivity contribution in [3.8, 4) is 0 Å². The van der Waals surface area contributed by atoms with Crippen LogP contribution in [0.4, 0.5) is 13.2 Å². The number of ether oxygens (including phenoxy) is 1. The summed E-state index contributed by atoms with van der Waals surface area (Å²) in [6.07, 6.45) is -3.39. The van der Waals surface area contributed by atoms with Crippen molar-refractivity contribution in [3.05, 3.63) is 107 Å². The van der Waals surface area contributed by atoms with Crippen molar-refractivity contribution in [3.63, 3.8) is 0 Å². The van der Waals surface area contributed by atoms with Crippen molar-refractivity contribution in [2.75, 3.05) is 13.1 Å². The Kier molecular flexibility index (Phi) is 7.91. The van der Waals surface area contributed by atoms with Gasteiger partial charge in [-0.05, 0) is 35.2 Å². The number of benzene rings is 3. The summed E-state index contributed by atoms with van der Waals surface area (Å²) in [4.78, 5) is 14.5. The van der Waals surface area contributed by atoms with Gasteiger partial charge in [0.2, 0.25) is 5.91 Å². The molecular formula is C29H30F3NO2. The lowest BCUT2D eigenvalue weighted by atomic mass is 9.75. The van der Waals surface area contributed by atoms with E-state index in [9.17, 15) is 18.0 Å². The van der Waals surface area contributed by atoms with E-state index in [1.165, 1.54) is 12.1 Å². The number of carbonyl (C=O) groups excluding carboxylic acids is 1. The minimum absolute atomic E-state index is 0.00139. The maximum atomic E-state index is 12.9. The van der Waals surface area contributed by atoms with E-state index in [-0.39, 0.29) is 30.5 Å². The normalized spacial score (nSPS) is 18.6. The van der Waals surface area contributed by atoms with Crippen LogP contribution >= 0.6 is 0 Å². The van der Waals surface area contributed by atoms with Crippen molar-refractivity contribution >= 4 is 5.91 Å². The first-order chi connectivity index (χ1) is 16.9. The molecule has 4 rings (SSSR count). The van der Waals surface area contributed by atoms with Crippen LogP contribution in [0.5, 0.6) is 0 Å². The third-order valence-corrected chi connectivity index (χ3v) is 6.74. The average Bonchev–Trinajstić information content (AvgIpc) is 2.88. The largest absolute Gasteiger partial charge is 0.416 e. The molecule has 6 heteroatoms. The predicted molar refractivity (Wildman–Crippen MR) is 130 cm³/mol. The molecule has 0 N–H and O–H groups in total. The molecule has 35 heavy (non-hydrogen) atoms. The van der Waals surface area contributed by atoms with Gasteiger partial charge in [0, 0.05) is 31.3 Å². The molecule has 0 radical (unpaired) electrons. The number of amides is 1. The van der Waals surface area contributed by atoms with Gasteiger partial charge in [0.25, 0.3) is 0 Å². The monoisotopic (exact) mass is 481 g/mol. The van der Waals surface area contributed by atoms with Gasteiger partial charge in [-0.15, -0.1) is 0 Å². The number of nitrogens with zero attached hydrogens (tertiary/aromatic N) is 1. The summed E-state index contributed by atoms with van der Waals surface area (Å²) in [5, 5.41) is 0. The van der Waals surface area contributed by atoms with Gasteiger partial charge < -0.3 is 9.64 Å². The maximum absolute atomic E-state index is 12.9. The molecule has 0 saturated carbocycles. The third kappa shape index (κ3) is 6.12. The second kappa shape index (κ2) is 11.1. The molecule has 1 aliphatic heterocycles. The summed E-state index contributed by atoms with van der Waals surface area (Å²) in [5.41, 5.74) is 2.33. The van der Waals surface area contributed by atoms with Crippen LogP contribution in [0.2, 0.25) is 0 Å². The minimum atomic E-state index is -4.36. The van der Waals surface area contributed by atoms with Crippen LogP contribution in [0.15, 0.2) is 84.9 Å². The van der Waals surface area contributed by atoms with Crippen molar-refractivity contribution in [1.82, 2.24) is 4.90 Å². The van der Waals surface area contributed by atoms with Gasteiger partial charge >= 0.3 is 6.18 Å². The fourth-order valence-electron chi connectivity index (χ4n) is 4.94. The molecule has 1 amide bonds. The van der Waals surface area contributed by atoms with Crippen molar-refractivity contribution in [2.45, 2.75) is 44.6 Å². The number of piperidine rings is 1. The Labute approximate surface area is 204 Å². The van der Waals surface area contributed by atoms with E-state index in [1.807, 2.05) is 48.2 Å². The summed E-state index contributed by atoms with van der Waals surface area (Å²) in [6.45, 7) is 3.27. The van der Waals surface area contributed by atoms with Crippen LogP contribution in [0.3, 0.4) is 0 Å². The standard InChI is InChI=1S/C29H30F3NO2/c1-2-27(34)33-18-17-26(35-20-21-13-15-24(16-14-21)29(30,31)32)25(19-33)28(22-9-5-3-6-10-22)23-11-7-4-8-12-23/h3-16,25-26,28H,2,17-20H2,1H3. The molecule has 3 aromatic carbocycles. The SMILES string of the molecule is CCC(=O)N1CCC(OCc2ccc(C(F)(F)F)cc2)C(C(c2ccccc2)c2ccccc2)C1. The fraction of sp³-hybridized carbons (Fsp3) is 0.345. The lowest BCUT2D eigenvalue weighted by Gasteiger charge is -2.42. The molecule has 2 atom stereocenters. The zero-order valence-corrected chi connectivity index (χ0v) is 19.7.